The highest BCUT2D eigenvalue weighted by atomic mass is 79.9. The van der Waals surface area contributed by atoms with Gasteiger partial charge in [-0.2, -0.15) is 5.10 Å². The molecule has 3 aromatic rings. The lowest BCUT2D eigenvalue weighted by molar-refractivity contribution is 0.102. The molecule has 2 aromatic heterocycles. The first kappa shape index (κ1) is 17.9. The summed E-state index contributed by atoms with van der Waals surface area (Å²) in [7, 11) is 1.76. The second-order valence-electron chi connectivity index (χ2n) is 5.33. The van der Waals surface area contributed by atoms with Crippen molar-refractivity contribution in [3.63, 3.8) is 0 Å². The van der Waals surface area contributed by atoms with E-state index < -0.39 is 5.91 Å². The summed E-state index contributed by atoms with van der Waals surface area (Å²) in [6.45, 7) is 2.27. The van der Waals surface area contributed by atoms with Crippen molar-refractivity contribution in [1.82, 2.24) is 24.5 Å². The SMILES string of the molecule is Cc1c(Br)c(C(=O)Nc2ncn(Cc3ccc(Cl)cc3Cl)n2)nn1C. The highest BCUT2D eigenvalue weighted by Crippen LogP contribution is 2.22. The van der Waals surface area contributed by atoms with Gasteiger partial charge in [-0.1, -0.05) is 29.3 Å². The first-order valence-corrected chi connectivity index (χ1v) is 8.74. The molecule has 0 saturated heterocycles. The van der Waals surface area contributed by atoms with E-state index in [9.17, 15) is 4.79 Å². The van der Waals surface area contributed by atoms with Gasteiger partial charge >= 0.3 is 0 Å². The summed E-state index contributed by atoms with van der Waals surface area (Å²) in [5, 5.41) is 12.1. The highest BCUT2D eigenvalue weighted by molar-refractivity contribution is 9.10. The van der Waals surface area contributed by atoms with Gasteiger partial charge in [-0.15, -0.1) is 5.10 Å². The summed E-state index contributed by atoms with van der Waals surface area (Å²) >= 11 is 15.4. The molecular weight excluding hydrogens is 431 g/mol. The quantitative estimate of drug-likeness (QED) is 0.666. The summed E-state index contributed by atoms with van der Waals surface area (Å²) in [6.07, 6.45) is 1.51. The largest absolute Gasteiger partial charge is 0.288 e. The molecule has 0 fully saturated rings. The lowest BCUT2D eigenvalue weighted by Crippen LogP contribution is -2.15. The second-order valence-corrected chi connectivity index (χ2v) is 6.96. The van der Waals surface area contributed by atoms with E-state index in [1.54, 1.807) is 28.5 Å². The van der Waals surface area contributed by atoms with Crippen LogP contribution in [0.15, 0.2) is 29.0 Å². The maximum absolute atomic E-state index is 12.3. The number of hydrogen-bond donors (Lipinski definition) is 1. The van der Waals surface area contributed by atoms with Gasteiger partial charge in [0.25, 0.3) is 5.91 Å². The van der Waals surface area contributed by atoms with Crippen molar-refractivity contribution in [2.45, 2.75) is 13.5 Å². The lowest BCUT2D eigenvalue weighted by Gasteiger charge is -2.04. The normalized spacial score (nSPS) is 10.9. The molecule has 1 aromatic carbocycles. The van der Waals surface area contributed by atoms with E-state index in [4.69, 9.17) is 23.2 Å². The van der Waals surface area contributed by atoms with E-state index in [1.807, 2.05) is 13.0 Å². The fourth-order valence-corrected chi connectivity index (χ4v) is 3.12. The van der Waals surface area contributed by atoms with Crippen LogP contribution in [0.25, 0.3) is 0 Å². The molecule has 0 aliphatic heterocycles. The first-order chi connectivity index (χ1) is 11.8. The van der Waals surface area contributed by atoms with Crippen molar-refractivity contribution in [3.05, 3.63) is 56.0 Å². The summed E-state index contributed by atoms with van der Waals surface area (Å²) in [4.78, 5) is 16.4. The molecule has 3 rings (SSSR count). The third kappa shape index (κ3) is 3.86. The van der Waals surface area contributed by atoms with Crippen molar-refractivity contribution in [2.75, 3.05) is 5.32 Å². The van der Waals surface area contributed by atoms with Gasteiger partial charge in [0.1, 0.15) is 6.33 Å². The van der Waals surface area contributed by atoms with Crippen molar-refractivity contribution in [3.8, 4) is 0 Å². The van der Waals surface area contributed by atoms with Crippen LogP contribution in [0.2, 0.25) is 10.0 Å². The molecule has 0 spiro atoms. The van der Waals surface area contributed by atoms with Crippen LogP contribution in [-0.2, 0) is 13.6 Å². The number of aryl methyl sites for hydroxylation is 1. The van der Waals surface area contributed by atoms with Crippen LogP contribution >= 0.6 is 39.1 Å². The van der Waals surface area contributed by atoms with Gasteiger partial charge < -0.3 is 0 Å². The number of amides is 1. The van der Waals surface area contributed by atoms with Crippen molar-refractivity contribution < 1.29 is 4.79 Å². The maximum Gasteiger partial charge on any atom is 0.279 e. The summed E-state index contributed by atoms with van der Waals surface area (Å²) < 4.78 is 3.83. The van der Waals surface area contributed by atoms with Gasteiger partial charge in [0.15, 0.2) is 5.69 Å². The predicted octanol–water partition coefficient (Wildman–Crippen LogP) is 3.69. The standard InChI is InChI=1S/C15H13BrCl2N6O/c1-8-12(16)13(21-23(8)2)14(25)20-15-19-7-24(22-15)6-9-3-4-10(17)5-11(9)18/h3-5,7H,6H2,1-2H3,(H,20,22,25). The van der Waals surface area contributed by atoms with Gasteiger partial charge in [0.2, 0.25) is 5.95 Å². The molecule has 0 saturated carbocycles. The van der Waals surface area contributed by atoms with Crippen LogP contribution in [0.1, 0.15) is 21.7 Å². The molecule has 7 nitrogen and oxygen atoms in total. The molecule has 0 atom stereocenters. The Morgan fingerprint density at radius 2 is 2.08 bits per heavy atom. The third-order valence-electron chi connectivity index (χ3n) is 3.59. The molecule has 2 heterocycles. The number of benzene rings is 1. The minimum Gasteiger partial charge on any atom is -0.288 e. The van der Waals surface area contributed by atoms with E-state index in [0.29, 0.717) is 21.1 Å². The van der Waals surface area contributed by atoms with Crippen LogP contribution in [-0.4, -0.2) is 30.5 Å². The number of carbonyl (C=O) groups is 1. The molecule has 25 heavy (non-hydrogen) atoms. The Morgan fingerprint density at radius 1 is 1.32 bits per heavy atom. The Bertz CT molecular complexity index is 952. The summed E-state index contributed by atoms with van der Waals surface area (Å²) in [5.74, 6) is -0.205. The molecule has 130 valence electrons. The van der Waals surface area contributed by atoms with E-state index >= 15 is 0 Å². The average Bonchev–Trinajstić information content (AvgIpc) is 3.10. The van der Waals surface area contributed by atoms with E-state index in [-0.39, 0.29) is 11.6 Å². The van der Waals surface area contributed by atoms with Gasteiger partial charge in [0.05, 0.1) is 16.7 Å². The summed E-state index contributed by atoms with van der Waals surface area (Å²) in [5.41, 5.74) is 1.97. The number of hydrogen-bond acceptors (Lipinski definition) is 4. The van der Waals surface area contributed by atoms with Crippen molar-refractivity contribution in [1.29, 1.82) is 0 Å². The fraction of sp³-hybridized carbons (Fsp3) is 0.200. The smallest absolute Gasteiger partial charge is 0.279 e. The number of halogens is 3. The molecule has 1 amide bonds. The fourth-order valence-electron chi connectivity index (χ4n) is 2.14. The average molecular weight is 444 g/mol. The van der Waals surface area contributed by atoms with Crippen LogP contribution in [0, 0.1) is 6.92 Å². The number of aromatic nitrogens is 5. The molecule has 0 unspecified atom stereocenters. The Morgan fingerprint density at radius 3 is 2.72 bits per heavy atom. The van der Waals surface area contributed by atoms with Crippen LogP contribution in [0.5, 0.6) is 0 Å². The monoisotopic (exact) mass is 442 g/mol. The minimum atomic E-state index is -0.391. The summed E-state index contributed by atoms with van der Waals surface area (Å²) in [6, 6.07) is 5.24. The van der Waals surface area contributed by atoms with Gasteiger partial charge in [0, 0.05) is 17.1 Å². The molecule has 0 aliphatic carbocycles. The number of carbonyl (C=O) groups excluding carboxylic acids is 1. The Labute approximate surface area is 162 Å². The topological polar surface area (TPSA) is 77.6 Å². The zero-order valence-electron chi connectivity index (χ0n) is 13.3. The van der Waals surface area contributed by atoms with Gasteiger partial charge in [-0.25, -0.2) is 9.67 Å². The zero-order valence-corrected chi connectivity index (χ0v) is 16.4. The van der Waals surface area contributed by atoms with Gasteiger partial charge in [-0.3, -0.25) is 14.8 Å². The van der Waals surface area contributed by atoms with Crippen LogP contribution in [0.4, 0.5) is 5.95 Å². The Balaban J connectivity index is 1.73. The second kappa shape index (κ2) is 7.15. The van der Waals surface area contributed by atoms with Crippen molar-refractivity contribution in [2.24, 2.45) is 7.05 Å². The molecule has 0 aliphatic rings. The van der Waals surface area contributed by atoms with Crippen LogP contribution < -0.4 is 5.32 Å². The van der Waals surface area contributed by atoms with E-state index in [0.717, 1.165) is 11.3 Å². The Kier molecular flexibility index (Phi) is 5.12. The molecule has 10 heteroatoms. The number of nitrogens with one attached hydrogen (secondary N) is 1. The van der Waals surface area contributed by atoms with E-state index in [2.05, 4.69) is 36.4 Å². The predicted molar refractivity (Wildman–Crippen MR) is 99.2 cm³/mol. The molecule has 1 N–H and O–H groups in total. The molecular formula is C15H13BrCl2N6O. The Hall–Kier alpha value is -1.90. The van der Waals surface area contributed by atoms with Crippen molar-refractivity contribution >= 4 is 51.0 Å². The maximum atomic E-state index is 12.3. The van der Waals surface area contributed by atoms with Gasteiger partial charge in [-0.05, 0) is 40.5 Å². The third-order valence-corrected chi connectivity index (χ3v) is 5.12. The highest BCUT2D eigenvalue weighted by Gasteiger charge is 2.19. The zero-order chi connectivity index (χ0) is 18.1. The van der Waals surface area contributed by atoms with E-state index in [1.165, 1.54) is 6.33 Å². The molecule has 0 radical (unpaired) electrons. The molecule has 0 bridgehead atoms. The minimum absolute atomic E-state index is 0.185. The van der Waals surface area contributed by atoms with Crippen LogP contribution in [0.3, 0.4) is 0 Å². The number of rotatable bonds is 4. The first-order valence-electron chi connectivity index (χ1n) is 7.19. The lowest BCUT2D eigenvalue weighted by atomic mass is 10.2. The number of anilines is 1. The number of nitrogens with zero attached hydrogens (tertiary/aromatic N) is 5.